The summed E-state index contributed by atoms with van der Waals surface area (Å²) in [6.07, 6.45) is 8.21. The van der Waals surface area contributed by atoms with Crippen LogP contribution in [0.2, 0.25) is 0 Å². The second-order valence-electron chi connectivity index (χ2n) is 8.69. The molecule has 2 bridgehead atoms. The summed E-state index contributed by atoms with van der Waals surface area (Å²) in [7, 11) is 1.91. The van der Waals surface area contributed by atoms with Gasteiger partial charge in [-0.05, 0) is 61.1 Å². The van der Waals surface area contributed by atoms with Gasteiger partial charge in [0.25, 0.3) is 0 Å². The number of carbonyl (C=O) groups excluding carboxylic acids is 2. The molecule has 2 amide bonds. The van der Waals surface area contributed by atoms with Crippen molar-refractivity contribution in [1.82, 2.24) is 14.8 Å². The van der Waals surface area contributed by atoms with Crippen molar-refractivity contribution < 1.29 is 14.3 Å². The van der Waals surface area contributed by atoms with Gasteiger partial charge in [0.05, 0.1) is 12.5 Å². The van der Waals surface area contributed by atoms with Crippen LogP contribution in [-0.2, 0) is 20.7 Å². The van der Waals surface area contributed by atoms with Gasteiger partial charge in [0.1, 0.15) is 0 Å². The van der Waals surface area contributed by atoms with E-state index in [-0.39, 0.29) is 17.7 Å². The Morgan fingerprint density at radius 2 is 1.89 bits per heavy atom. The highest BCUT2D eigenvalue weighted by atomic mass is 16.5. The summed E-state index contributed by atoms with van der Waals surface area (Å²) in [6, 6.07) is 4.00. The van der Waals surface area contributed by atoms with E-state index in [2.05, 4.69) is 9.88 Å². The largest absolute Gasteiger partial charge is 0.381 e. The van der Waals surface area contributed by atoms with E-state index in [0.717, 1.165) is 45.3 Å². The predicted molar refractivity (Wildman–Crippen MR) is 105 cm³/mol. The van der Waals surface area contributed by atoms with Crippen molar-refractivity contribution in [3.05, 3.63) is 30.1 Å². The van der Waals surface area contributed by atoms with Crippen LogP contribution in [0.3, 0.4) is 0 Å². The number of fused-ring (bicyclic) bond motifs is 2. The Hall–Kier alpha value is -1.95. The minimum Gasteiger partial charge on any atom is -0.381 e. The number of ether oxygens (including phenoxy) is 1. The van der Waals surface area contributed by atoms with E-state index < -0.39 is 0 Å². The standard InChI is InChI=1S/C22H31N3O3/c1-24(10-6-16-4-8-23-9-5-16)21(26)12-20-17-2-3-18(20)14-25(13-17)22(27)19-7-11-28-15-19/h4-5,8-9,17-20H,2-3,6-7,10-15H2,1H3. The van der Waals surface area contributed by atoms with Crippen LogP contribution in [0.1, 0.15) is 31.2 Å². The third-order valence-corrected chi connectivity index (χ3v) is 6.94. The lowest BCUT2D eigenvalue weighted by Crippen LogP contribution is -2.48. The summed E-state index contributed by atoms with van der Waals surface area (Å²) in [4.78, 5) is 33.5. The summed E-state index contributed by atoms with van der Waals surface area (Å²) < 4.78 is 5.39. The Kier molecular flexibility index (Phi) is 5.95. The van der Waals surface area contributed by atoms with E-state index in [1.54, 1.807) is 12.4 Å². The Morgan fingerprint density at radius 1 is 1.18 bits per heavy atom. The quantitative estimate of drug-likeness (QED) is 0.751. The van der Waals surface area contributed by atoms with Gasteiger partial charge in [-0.3, -0.25) is 14.6 Å². The third kappa shape index (κ3) is 4.22. The van der Waals surface area contributed by atoms with Gasteiger partial charge in [-0.2, -0.15) is 0 Å². The van der Waals surface area contributed by atoms with Crippen molar-refractivity contribution in [2.45, 2.75) is 32.1 Å². The van der Waals surface area contributed by atoms with E-state index in [1.165, 1.54) is 5.56 Å². The Balaban J connectivity index is 1.28. The van der Waals surface area contributed by atoms with Crippen LogP contribution in [0.4, 0.5) is 0 Å². The molecule has 1 aliphatic carbocycles. The van der Waals surface area contributed by atoms with Gasteiger partial charge >= 0.3 is 0 Å². The minimum atomic E-state index is 0.0527. The molecular formula is C22H31N3O3. The Labute approximate surface area is 167 Å². The summed E-state index contributed by atoms with van der Waals surface area (Å²) >= 11 is 0. The number of hydrogen-bond acceptors (Lipinski definition) is 4. The van der Waals surface area contributed by atoms with Crippen LogP contribution >= 0.6 is 0 Å². The molecule has 3 unspecified atom stereocenters. The number of likely N-dealkylation sites (N-methyl/N-ethyl adjacent to an activating group) is 1. The SMILES string of the molecule is CN(CCc1ccncc1)C(=O)CC1C2CCC1CN(C(=O)C1CCOC1)C2. The van der Waals surface area contributed by atoms with Gasteiger partial charge in [0.2, 0.25) is 11.8 Å². The first-order chi connectivity index (χ1) is 13.6. The zero-order valence-electron chi connectivity index (χ0n) is 16.8. The molecule has 0 radical (unpaired) electrons. The zero-order chi connectivity index (χ0) is 19.5. The van der Waals surface area contributed by atoms with E-state index in [4.69, 9.17) is 4.74 Å². The van der Waals surface area contributed by atoms with Crippen LogP contribution in [0.25, 0.3) is 0 Å². The number of aromatic nitrogens is 1. The van der Waals surface area contributed by atoms with Crippen molar-refractivity contribution in [2.24, 2.45) is 23.7 Å². The van der Waals surface area contributed by atoms with Crippen molar-refractivity contribution in [2.75, 3.05) is 39.9 Å². The molecule has 3 atom stereocenters. The number of piperidine rings is 1. The van der Waals surface area contributed by atoms with Crippen LogP contribution in [0.15, 0.2) is 24.5 Å². The fourth-order valence-electron chi connectivity index (χ4n) is 5.16. The lowest BCUT2D eigenvalue weighted by molar-refractivity contribution is -0.139. The second-order valence-corrected chi connectivity index (χ2v) is 8.69. The fourth-order valence-corrected chi connectivity index (χ4v) is 5.16. The van der Waals surface area contributed by atoms with Gasteiger partial charge in [0, 0.05) is 52.1 Å². The average molecular weight is 386 g/mol. The predicted octanol–water partition coefficient (Wildman–Crippen LogP) is 1.99. The number of hydrogen-bond donors (Lipinski definition) is 0. The number of amides is 2. The smallest absolute Gasteiger partial charge is 0.228 e. The summed E-state index contributed by atoms with van der Waals surface area (Å²) in [6.45, 7) is 3.67. The molecule has 4 rings (SSSR count). The molecule has 1 aromatic rings. The number of likely N-dealkylation sites (tertiary alicyclic amines) is 1. The molecule has 6 nitrogen and oxygen atoms in total. The molecule has 2 saturated heterocycles. The molecule has 1 aromatic heterocycles. The number of nitrogens with zero attached hydrogens (tertiary/aromatic N) is 3. The molecule has 0 spiro atoms. The summed E-state index contributed by atoms with van der Waals surface area (Å²) in [5.74, 6) is 1.94. The number of carbonyl (C=O) groups is 2. The maximum absolute atomic E-state index is 12.8. The highest BCUT2D eigenvalue weighted by Crippen LogP contribution is 2.44. The monoisotopic (exact) mass is 385 g/mol. The average Bonchev–Trinajstić information content (AvgIpc) is 3.32. The number of rotatable bonds is 6. The van der Waals surface area contributed by atoms with Gasteiger partial charge in [0.15, 0.2) is 0 Å². The zero-order valence-corrected chi connectivity index (χ0v) is 16.8. The molecule has 3 aliphatic rings. The van der Waals surface area contributed by atoms with E-state index >= 15 is 0 Å². The van der Waals surface area contributed by atoms with Crippen molar-refractivity contribution >= 4 is 11.8 Å². The first-order valence-corrected chi connectivity index (χ1v) is 10.6. The molecule has 152 valence electrons. The van der Waals surface area contributed by atoms with Crippen LogP contribution in [-0.4, -0.2) is 66.5 Å². The number of pyridine rings is 1. The van der Waals surface area contributed by atoms with Gasteiger partial charge in [-0.1, -0.05) is 0 Å². The third-order valence-electron chi connectivity index (χ3n) is 6.94. The minimum absolute atomic E-state index is 0.0527. The lowest BCUT2D eigenvalue weighted by Gasteiger charge is -2.39. The van der Waals surface area contributed by atoms with Crippen molar-refractivity contribution in [1.29, 1.82) is 0 Å². The fraction of sp³-hybridized carbons (Fsp3) is 0.682. The molecule has 3 fully saturated rings. The first kappa shape index (κ1) is 19.4. The van der Waals surface area contributed by atoms with Crippen molar-refractivity contribution in [3.63, 3.8) is 0 Å². The molecule has 28 heavy (non-hydrogen) atoms. The molecular weight excluding hydrogens is 354 g/mol. The lowest BCUT2D eigenvalue weighted by atomic mass is 9.82. The highest BCUT2D eigenvalue weighted by Gasteiger charge is 2.45. The maximum Gasteiger partial charge on any atom is 0.228 e. The molecule has 3 heterocycles. The van der Waals surface area contributed by atoms with Gasteiger partial charge in [-0.15, -0.1) is 0 Å². The summed E-state index contributed by atoms with van der Waals surface area (Å²) in [5.41, 5.74) is 1.21. The maximum atomic E-state index is 12.8. The van der Waals surface area contributed by atoms with Gasteiger partial charge in [-0.25, -0.2) is 0 Å². The Bertz CT molecular complexity index is 676. The van der Waals surface area contributed by atoms with E-state index in [9.17, 15) is 9.59 Å². The van der Waals surface area contributed by atoms with E-state index in [1.807, 2.05) is 24.1 Å². The Morgan fingerprint density at radius 3 is 2.54 bits per heavy atom. The van der Waals surface area contributed by atoms with Crippen molar-refractivity contribution in [3.8, 4) is 0 Å². The molecule has 6 heteroatoms. The highest BCUT2D eigenvalue weighted by molar-refractivity contribution is 5.79. The van der Waals surface area contributed by atoms with Crippen LogP contribution in [0.5, 0.6) is 0 Å². The second kappa shape index (κ2) is 8.60. The first-order valence-electron chi connectivity index (χ1n) is 10.6. The molecule has 2 aliphatic heterocycles. The topological polar surface area (TPSA) is 62.7 Å². The summed E-state index contributed by atoms with van der Waals surface area (Å²) in [5, 5.41) is 0. The van der Waals surface area contributed by atoms with Gasteiger partial charge < -0.3 is 14.5 Å². The normalized spacial score (nSPS) is 29.1. The van der Waals surface area contributed by atoms with Crippen LogP contribution < -0.4 is 0 Å². The molecule has 0 N–H and O–H groups in total. The molecule has 1 saturated carbocycles. The van der Waals surface area contributed by atoms with Crippen LogP contribution in [0, 0.1) is 23.7 Å². The van der Waals surface area contributed by atoms with E-state index in [0.29, 0.717) is 37.4 Å². The molecule has 0 aromatic carbocycles.